The number of hydrogen-bond acceptors (Lipinski definition) is 39. The molecular formula is C62H84N16O34P6S6. The van der Waals surface area contributed by atoms with Crippen LogP contribution in [-0.2, 0) is 154 Å². The largest absolute Gasteiger partial charge is 0.383 e. The number of nitrogen functional groups attached to an aromatic ring is 2. The van der Waals surface area contributed by atoms with Gasteiger partial charge in [0.25, 0.3) is 27.8 Å². The predicted octanol–water partition coefficient (Wildman–Crippen LogP) is -0.240. The number of hydrogen-bond donors (Lipinski definition) is 13. The molecule has 6 fully saturated rings. The van der Waals surface area contributed by atoms with Crippen molar-refractivity contribution in [2.45, 2.75) is 197 Å². The molecule has 0 spiro atoms. The number of nitrogens with zero attached hydrogens (tertiary/aromatic N) is 9. The van der Waals surface area contributed by atoms with Gasteiger partial charge in [0.2, 0.25) is 5.95 Å². The molecule has 15 N–H and O–H groups in total. The van der Waals surface area contributed by atoms with Crippen LogP contribution in [0.1, 0.15) is 117 Å². The highest BCUT2D eigenvalue weighted by molar-refractivity contribution is 8.08. The summed E-state index contributed by atoms with van der Waals surface area (Å²) in [6.45, 7) is -21.6. The molecule has 124 heavy (non-hydrogen) atoms. The van der Waals surface area contributed by atoms with Crippen molar-refractivity contribution in [1.82, 2.24) is 67.3 Å². The maximum atomic E-state index is 13.5. The summed E-state index contributed by atoms with van der Waals surface area (Å²) in [6.07, 6.45) is -17.0. The van der Waals surface area contributed by atoms with Gasteiger partial charge in [0.1, 0.15) is 73.7 Å². The maximum Gasteiger partial charge on any atom is 0.351 e. The highest BCUT2D eigenvalue weighted by atomic mass is 32.5. The Kier molecular flexibility index (Phi) is 29.8. The number of aromatic amines is 5. The lowest BCUT2D eigenvalue weighted by Gasteiger charge is -2.28. The van der Waals surface area contributed by atoms with Crippen LogP contribution in [0.5, 0.6) is 0 Å². The second-order valence-corrected chi connectivity index (χ2v) is 46.0. The first kappa shape index (κ1) is 96.1. The summed E-state index contributed by atoms with van der Waals surface area (Å²) < 4.78 is 115. The molecule has 6 saturated heterocycles. The van der Waals surface area contributed by atoms with Gasteiger partial charge in [-0.25, -0.2) is 29.0 Å². The van der Waals surface area contributed by atoms with Crippen LogP contribution < -0.4 is 67.7 Å². The average molecular weight is 1980 g/mol. The number of nitrogens with two attached hydrogens (primary N) is 2. The third-order valence-corrected chi connectivity index (χ3v) is 30.0. The molecule has 6 aliphatic rings. The van der Waals surface area contributed by atoms with Crippen LogP contribution in [-0.4, -0.2) is 210 Å². The van der Waals surface area contributed by atoms with Gasteiger partial charge < -0.3 is 124 Å². The minimum Gasteiger partial charge on any atom is -0.383 e. The van der Waals surface area contributed by atoms with E-state index in [9.17, 15) is 77.3 Å². The van der Waals surface area contributed by atoms with Crippen molar-refractivity contribution in [3.8, 4) is 0 Å². The van der Waals surface area contributed by atoms with Gasteiger partial charge in [-0.1, -0.05) is 6.92 Å². The van der Waals surface area contributed by atoms with Crippen LogP contribution in [0, 0.1) is 34.6 Å². The number of imidazole rings is 1. The van der Waals surface area contributed by atoms with E-state index in [1.54, 1.807) is 13.8 Å². The van der Waals surface area contributed by atoms with Gasteiger partial charge in [-0.05, 0) is 112 Å². The fraction of sp³-hybridized carbons (Fsp3) is 0.597. The Labute approximate surface area is 727 Å². The van der Waals surface area contributed by atoms with Gasteiger partial charge in [0.05, 0.1) is 82.1 Å². The lowest BCUT2D eigenvalue weighted by atomic mass is 10.1. The molecule has 6 aliphatic heterocycles. The third kappa shape index (κ3) is 22.9. The van der Waals surface area contributed by atoms with Crippen LogP contribution in [0.3, 0.4) is 0 Å². The number of anilines is 2. The molecule has 7 aromatic heterocycles. The predicted molar refractivity (Wildman–Crippen MR) is 451 cm³/mol. The van der Waals surface area contributed by atoms with E-state index in [-0.39, 0.29) is 77.3 Å². The van der Waals surface area contributed by atoms with Crippen LogP contribution in [0.4, 0.5) is 11.8 Å². The van der Waals surface area contributed by atoms with Crippen molar-refractivity contribution in [2.24, 2.45) is 0 Å². The molecule has 0 aliphatic carbocycles. The first-order chi connectivity index (χ1) is 58.1. The monoisotopic (exact) mass is 1970 g/mol. The van der Waals surface area contributed by atoms with Gasteiger partial charge in [-0.15, -0.1) is 0 Å². The highest BCUT2D eigenvalue weighted by Gasteiger charge is 2.50. The molecule has 0 saturated carbocycles. The van der Waals surface area contributed by atoms with E-state index in [2.05, 4.69) is 39.9 Å². The Morgan fingerprint density at radius 2 is 0.653 bits per heavy atom. The SMILES string of the molecule is CC[C@H]1O[C@@H](n2cc(C)c(=O)[nH]c2=O)CC1OP(O)(=S)OC[C@H]1O[C@@H](n2cc(C)c(=O)[nH]c2=O)CC1OP(O)(=S)OC[C@H]1O[C@@H](n2cc(C)c(=O)[nH]c2=O)CC1OP(O)(=S)OC[C@H]1O[C@@H](n2cnc3c(=O)[nH]c(N)nc32)CC1OP(O)(=S)OC[C@H]1O[C@@H](n2cc(C)c(=O)[nH]c2=O)CC1OP(O)(=S)OC[C@H]1O[C@@H](n2cc(C)c(N)nc2=O)CC1OP(O)(=S)OC. The smallest absolute Gasteiger partial charge is 0.351 e. The van der Waals surface area contributed by atoms with E-state index in [0.717, 1.165) is 29.9 Å². The number of H-pyrrole nitrogens is 5. The van der Waals surface area contributed by atoms with Gasteiger partial charge in [0.15, 0.2) is 11.2 Å². The standard InChI is InChI=1S/C62H84N16O34P6S6/c1-8-31-32(9-43(101-31)74-16-27(3)52(79)69-59(74)85)108-114(90,120)96-21-39-34(11-45(103-39)75-17-28(4)53(80)70-60(75)86)110-116(92,122)98-22-40-36(13-47(104-40)77-19-30(6)55(82)72-62(77)88)111-117(93,123)100-24-42-37(14-48(106-42)78-25-65-49-51(78)67-57(64)68-56(49)83)112-118(94,124)99-23-41-35(12-46(105-41)76-18-29(5)54(81)71-61(76)87)109-115(91,121)97-20-38-33(107-113(89,119)95-7)10-44(102-38)73-15-26(2)50(63)66-58(73)84/h15-19,25,31-48H,8-14,20-24H2,1-7H3,(H,89,119)(H,90,120)(H,91,121)(H,92,122)(H,93,123)(H,94,124)(H2,63,66,84)(H,69,79,85)(H,70,80,86)(H,71,81,87)(H,72,82,88)(H3,64,67,68,83)/t31-,32?,33?,34?,35?,36?,37?,38-,39-,40-,41-,42-,43-,44-,45-,46-,47-,48-,113?,114?,115?,116?,117?,118?/m1/s1. The first-order valence-corrected chi connectivity index (χ1v) is 52.8. The Morgan fingerprint density at radius 3 is 0.952 bits per heavy atom. The van der Waals surface area contributed by atoms with Crippen molar-refractivity contribution < 1.29 is 112 Å². The highest BCUT2D eigenvalue weighted by Crippen LogP contribution is 2.57. The number of fused-ring (bicyclic) bond motifs is 1. The maximum absolute atomic E-state index is 13.5. The number of ether oxygens (including phenoxy) is 6. The Hall–Kier alpha value is -5.51. The van der Waals surface area contributed by atoms with Crippen LogP contribution >= 0.6 is 40.3 Å². The molecule has 0 radical (unpaired) electrons. The lowest BCUT2D eigenvalue weighted by Crippen LogP contribution is -2.33. The normalized spacial score (nSPS) is 29.5. The zero-order valence-corrected chi connectivity index (χ0v) is 76.0. The first-order valence-electron chi connectivity index (χ1n) is 37.3. The molecule has 24 atom stereocenters. The second-order valence-electron chi connectivity index (χ2n) is 29.1. The summed E-state index contributed by atoms with van der Waals surface area (Å²) in [6, 6.07) is 0. The van der Waals surface area contributed by atoms with Gasteiger partial charge in [-0.3, -0.25) is 76.3 Å². The Balaban J connectivity index is 0.712. The molecule has 0 aromatic carbocycles. The van der Waals surface area contributed by atoms with Gasteiger partial charge >= 0.3 is 68.8 Å². The van der Waals surface area contributed by atoms with Crippen molar-refractivity contribution in [1.29, 1.82) is 0 Å². The molecule has 13 rings (SSSR count). The zero-order valence-electron chi connectivity index (χ0n) is 65.8. The van der Waals surface area contributed by atoms with Crippen molar-refractivity contribution in [2.75, 3.05) is 51.6 Å². The fourth-order valence-electron chi connectivity index (χ4n) is 14.2. The molecule has 50 nitrogen and oxygen atoms in total. The minimum absolute atomic E-state index is 0.0391. The lowest BCUT2D eigenvalue weighted by molar-refractivity contribution is -0.0571. The summed E-state index contributed by atoms with van der Waals surface area (Å²) in [4.78, 5) is 223. The third-order valence-electron chi connectivity index (χ3n) is 20.4. The fourth-order valence-corrected chi connectivity index (χ4v) is 22.6. The van der Waals surface area contributed by atoms with E-state index in [4.69, 9.17) is 165 Å². The van der Waals surface area contributed by atoms with Crippen LogP contribution in [0.25, 0.3) is 11.2 Å². The van der Waals surface area contributed by atoms with E-state index >= 15 is 0 Å². The average Bonchev–Trinajstić information content (AvgIpc) is 1.63. The van der Waals surface area contributed by atoms with E-state index in [1.807, 2.05) is 0 Å². The van der Waals surface area contributed by atoms with Crippen LogP contribution in [0.2, 0.25) is 0 Å². The quantitative estimate of drug-likeness (QED) is 0.0228. The Bertz CT molecular complexity index is 6190. The Morgan fingerprint density at radius 1 is 0.387 bits per heavy atom. The van der Waals surface area contributed by atoms with Crippen molar-refractivity contribution in [3.63, 3.8) is 0 Å². The second kappa shape index (κ2) is 38.5. The molecule has 682 valence electrons. The molecular weight excluding hydrogens is 1890 g/mol. The van der Waals surface area contributed by atoms with Gasteiger partial charge in [0, 0.05) is 104 Å². The molecule has 13 heterocycles. The summed E-state index contributed by atoms with van der Waals surface area (Å²) in [7, 11) is 1.11. The molecule has 0 bridgehead atoms. The molecule has 7 aromatic rings. The topological polar surface area (TPSA) is 657 Å². The summed E-state index contributed by atoms with van der Waals surface area (Å²) >= 11 is 32.9. The zero-order chi connectivity index (χ0) is 89.9. The number of rotatable bonds is 35. The number of aromatic nitrogens is 14. The molecule has 62 heteroatoms. The summed E-state index contributed by atoms with van der Waals surface area (Å²) in [5.74, 6) is -0.371. The summed E-state index contributed by atoms with van der Waals surface area (Å²) in [5.41, 5.74) is 4.44. The van der Waals surface area contributed by atoms with E-state index < -0.39 is 247 Å². The summed E-state index contributed by atoms with van der Waals surface area (Å²) in [5, 5.41) is 0. The number of nitrogens with one attached hydrogen (secondary N) is 5. The van der Waals surface area contributed by atoms with Crippen molar-refractivity contribution >= 4 is 134 Å². The van der Waals surface area contributed by atoms with E-state index in [1.165, 1.54) is 69.6 Å². The van der Waals surface area contributed by atoms with E-state index in [0.29, 0.717) is 12.0 Å². The van der Waals surface area contributed by atoms with Crippen molar-refractivity contribution in [3.05, 3.63) is 169 Å². The van der Waals surface area contributed by atoms with Crippen LogP contribution in [0.15, 0.2) is 85.3 Å². The molecule has 12 unspecified atom stereocenters. The van der Waals surface area contributed by atoms with Gasteiger partial charge in [-0.2, -0.15) is 9.97 Å². The number of aryl methyl sites for hydroxylation is 5. The minimum atomic E-state index is -4.74. The molecule has 0 amide bonds.